The molecule has 11 nitrogen and oxygen atoms in total. The van der Waals surface area contributed by atoms with Crippen molar-refractivity contribution in [3.63, 3.8) is 0 Å². The maximum Gasteiger partial charge on any atom is 0.380 e. The molecule has 1 aliphatic rings. The van der Waals surface area contributed by atoms with Gasteiger partial charge < -0.3 is 0 Å². The molecule has 0 atom stereocenters. The third-order valence-corrected chi connectivity index (χ3v) is 14.1. The quantitative estimate of drug-likeness (QED) is 0.0490. The van der Waals surface area contributed by atoms with Crippen LogP contribution in [0.2, 0.25) is 0 Å². The molecule has 0 bridgehead atoms. The number of amides is 1. The standard InChI is InChI=1S/C39H25F24NO10S3/c1-18(65)64(19-6-3-2-4-7-19)11-5-8-22-24-12-20(75(66,67)72-15-31(46,47)37(58,59)34(52,53)28(40)41)9-10-23(24)27-25(22)13-21(76(68,69)73-16-32(48,49)38(60,61)35(54,55)29(42)43)14-26(27)77(70,71)74-17-33(50,51)39(62,63)36(56,57)30(44)45/h2-14,28-30H,15-17H2,1H3/b11-5+,22-8+. The summed E-state index contributed by atoms with van der Waals surface area (Å²) in [4.78, 5) is 7.22. The predicted molar refractivity (Wildman–Crippen MR) is 210 cm³/mol. The van der Waals surface area contributed by atoms with Gasteiger partial charge in [-0.3, -0.25) is 22.2 Å². The number of benzene rings is 3. The summed E-state index contributed by atoms with van der Waals surface area (Å²) < 4.78 is 421. The second-order valence-corrected chi connectivity index (χ2v) is 20.3. The summed E-state index contributed by atoms with van der Waals surface area (Å²) in [6, 6.07) is 6.16. The van der Waals surface area contributed by atoms with E-state index in [4.69, 9.17) is 0 Å². The fraction of sp³-hybridized carbons (Fsp3) is 0.410. The van der Waals surface area contributed by atoms with E-state index in [1.165, 1.54) is 30.3 Å². The molecule has 0 spiro atoms. The Hall–Kier alpha value is -5.34. The largest absolute Gasteiger partial charge is 0.380 e. The number of rotatable bonds is 24. The molecule has 0 radical (unpaired) electrons. The number of fused-ring (bicyclic) bond motifs is 3. The van der Waals surface area contributed by atoms with Gasteiger partial charge in [0.1, 0.15) is 24.7 Å². The van der Waals surface area contributed by atoms with Gasteiger partial charge in [0.25, 0.3) is 30.4 Å². The first kappa shape index (κ1) is 64.2. The maximum atomic E-state index is 14.7. The SMILES string of the molecule is CC(=O)N(/C=C/C=C1\c2cc(S(=O)(=O)OCC(F)(F)C(F)(F)C(F)(F)C(F)F)ccc2-c2c1cc(S(=O)(=O)OCC(F)(F)C(F)(F)C(F)(F)C(F)F)cc2S(=O)(=O)OCC(F)(F)C(F)(F)C(F)(F)C(F)F)c1ccccc1. The summed E-state index contributed by atoms with van der Waals surface area (Å²) in [6.45, 7) is -9.80. The normalized spacial score (nSPS) is 15.6. The van der Waals surface area contributed by atoms with Crippen molar-refractivity contribution in [3.8, 4) is 11.1 Å². The molecule has 1 aliphatic carbocycles. The fourth-order valence-electron chi connectivity index (χ4n) is 6.12. The second kappa shape index (κ2) is 21.0. The van der Waals surface area contributed by atoms with Crippen LogP contribution >= 0.6 is 0 Å². The lowest BCUT2D eigenvalue weighted by molar-refractivity contribution is -0.342. The summed E-state index contributed by atoms with van der Waals surface area (Å²) in [5, 5.41) is 0. The number of alkyl halides is 24. The summed E-state index contributed by atoms with van der Waals surface area (Å²) in [6.07, 6.45) is -14.9. The summed E-state index contributed by atoms with van der Waals surface area (Å²) in [5.74, 6) is -63.5. The maximum absolute atomic E-state index is 14.7. The molecule has 4 rings (SSSR count). The number of carbonyl (C=O) groups is 1. The molecule has 1 amide bonds. The molecule has 0 aromatic heterocycles. The lowest BCUT2D eigenvalue weighted by Gasteiger charge is -2.32. The molecular formula is C39H25F24NO10S3. The molecule has 0 saturated heterocycles. The van der Waals surface area contributed by atoms with Crippen LogP contribution in [-0.2, 0) is 47.7 Å². The van der Waals surface area contributed by atoms with E-state index >= 15 is 0 Å². The topological polar surface area (TPSA) is 150 Å². The molecule has 0 aliphatic heterocycles. The Labute approximate surface area is 415 Å². The highest BCUT2D eigenvalue weighted by Crippen LogP contribution is 2.54. The number of hydrogen-bond acceptors (Lipinski definition) is 10. The lowest BCUT2D eigenvalue weighted by Crippen LogP contribution is -2.59. The van der Waals surface area contributed by atoms with Crippen molar-refractivity contribution >= 4 is 47.5 Å². The molecule has 77 heavy (non-hydrogen) atoms. The first-order valence-electron chi connectivity index (χ1n) is 19.5. The van der Waals surface area contributed by atoms with Crippen molar-refractivity contribution in [3.05, 3.63) is 90.1 Å². The van der Waals surface area contributed by atoms with Gasteiger partial charge in [-0.2, -0.15) is 104 Å². The van der Waals surface area contributed by atoms with E-state index in [0.717, 1.165) is 18.0 Å². The summed E-state index contributed by atoms with van der Waals surface area (Å²) in [7, 11) is -19.7. The van der Waals surface area contributed by atoms with Crippen molar-refractivity contribution < 1.29 is 148 Å². The van der Waals surface area contributed by atoms with Crippen LogP contribution < -0.4 is 4.90 Å². The average molecular weight is 1220 g/mol. The molecule has 38 heteroatoms. The zero-order valence-corrected chi connectivity index (χ0v) is 39.1. The molecule has 432 valence electrons. The van der Waals surface area contributed by atoms with Gasteiger partial charge in [0, 0.05) is 24.4 Å². The van der Waals surface area contributed by atoms with Gasteiger partial charge in [-0.25, -0.2) is 26.3 Å². The van der Waals surface area contributed by atoms with E-state index < -0.39 is 177 Å². The molecule has 0 N–H and O–H groups in total. The Morgan fingerprint density at radius 1 is 0.506 bits per heavy atom. The highest BCUT2D eigenvalue weighted by Gasteiger charge is 2.78. The zero-order chi connectivity index (χ0) is 59.5. The van der Waals surface area contributed by atoms with Crippen molar-refractivity contribution in [2.75, 3.05) is 24.7 Å². The monoisotopic (exact) mass is 1220 g/mol. The van der Waals surface area contributed by atoms with Crippen molar-refractivity contribution in [1.29, 1.82) is 0 Å². The number of anilines is 1. The van der Waals surface area contributed by atoms with E-state index in [1.807, 2.05) is 0 Å². The van der Waals surface area contributed by atoms with Gasteiger partial charge in [0.15, 0.2) is 0 Å². The molecule has 0 unspecified atom stereocenters. The Morgan fingerprint density at radius 3 is 1.27 bits per heavy atom. The smallest absolute Gasteiger partial charge is 0.288 e. The minimum Gasteiger partial charge on any atom is -0.288 e. The van der Waals surface area contributed by atoms with E-state index in [9.17, 15) is 135 Å². The van der Waals surface area contributed by atoms with Crippen molar-refractivity contribution in [2.45, 2.75) is 94.2 Å². The number of nitrogens with zero attached hydrogens (tertiary/aromatic N) is 1. The van der Waals surface area contributed by atoms with Crippen LogP contribution in [-0.4, -0.2) is 124 Å². The molecule has 0 heterocycles. The Kier molecular flexibility index (Phi) is 17.5. The van der Waals surface area contributed by atoms with Gasteiger partial charge in [-0.05, 0) is 64.7 Å². The van der Waals surface area contributed by atoms with Crippen LogP contribution in [0.1, 0.15) is 18.1 Å². The average Bonchev–Trinajstić information content (AvgIpc) is 3.62. The summed E-state index contributed by atoms with van der Waals surface area (Å²) in [5.41, 5.74) is -5.97. The summed E-state index contributed by atoms with van der Waals surface area (Å²) >= 11 is 0. The molecule has 0 saturated carbocycles. The van der Waals surface area contributed by atoms with Crippen LogP contribution in [0.3, 0.4) is 0 Å². The number of halogens is 24. The van der Waals surface area contributed by atoms with Crippen LogP contribution in [0.25, 0.3) is 16.7 Å². The van der Waals surface area contributed by atoms with Crippen molar-refractivity contribution in [2.24, 2.45) is 0 Å². The Bertz CT molecular complexity index is 3120. The number of hydrogen-bond donors (Lipinski definition) is 0. The van der Waals surface area contributed by atoms with Gasteiger partial charge >= 0.3 is 72.6 Å². The van der Waals surface area contributed by atoms with Crippen molar-refractivity contribution in [1.82, 2.24) is 0 Å². The third kappa shape index (κ3) is 11.7. The van der Waals surface area contributed by atoms with Gasteiger partial charge in [-0.1, -0.05) is 30.3 Å². The van der Waals surface area contributed by atoms with Crippen LogP contribution in [0, 0.1) is 0 Å². The van der Waals surface area contributed by atoms with E-state index in [1.54, 1.807) is 0 Å². The predicted octanol–water partition coefficient (Wildman–Crippen LogP) is 11.3. The van der Waals surface area contributed by atoms with Gasteiger partial charge in [0.2, 0.25) is 5.91 Å². The molecule has 0 fully saturated rings. The van der Waals surface area contributed by atoms with Crippen LogP contribution in [0.15, 0.2) is 93.7 Å². The van der Waals surface area contributed by atoms with E-state index in [0.29, 0.717) is 12.2 Å². The second-order valence-electron chi connectivity index (χ2n) is 15.5. The Balaban J connectivity index is 2.08. The fourth-order valence-corrected chi connectivity index (χ4v) is 9.27. The highest BCUT2D eigenvalue weighted by atomic mass is 32.2. The third-order valence-electron chi connectivity index (χ3n) is 10.3. The van der Waals surface area contributed by atoms with Crippen LogP contribution in [0.4, 0.5) is 111 Å². The number of carbonyl (C=O) groups excluding carboxylic acids is 1. The first-order valence-corrected chi connectivity index (χ1v) is 23.8. The van der Waals surface area contributed by atoms with Crippen LogP contribution in [0.5, 0.6) is 0 Å². The number of para-hydroxylation sites is 1. The first-order chi connectivity index (χ1) is 34.5. The van der Waals surface area contributed by atoms with Gasteiger partial charge in [-0.15, -0.1) is 0 Å². The lowest BCUT2D eigenvalue weighted by atomic mass is 10.0. The number of allylic oxidation sites excluding steroid dienone is 2. The zero-order valence-electron chi connectivity index (χ0n) is 36.7. The van der Waals surface area contributed by atoms with E-state index in [-0.39, 0.29) is 30.0 Å². The van der Waals surface area contributed by atoms with E-state index in [2.05, 4.69) is 12.5 Å². The Morgan fingerprint density at radius 2 is 0.883 bits per heavy atom. The highest BCUT2D eigenvalue weighted by molar-refractivity contribution is 7.87. The molecule has 3 aromatic rings. The molecular weight excluding hydrogens is 1190 g/mol. The minimum absolute atomic E-state index is 0.0282. The van der Waals surface area contributed by atoms with Gasteiger partial charge in [0.05, 0.1) is 9.79 Å². The minimum atomic E-state index is -7.28. The molecule has 3 aromatic carbocycles.